The summed E-state index contributed by atoms with van der Waals surface area (Å²) in [6.45, 7) is 2.63. The highest BCUT2D eigenvalue weighted by atomic mass is 79.9. The maximum absolute atomic E-state index is 9.09. The van der Waals surface area contributed by atoms with E-state index in [1.807, 2.05) is 18.9 Å². The van der Waals surface area contributed by atoms with Gasteiger partial charge in [-0.2, -0.15) is 0 Å². The zero-order chi connectivity index (χ0) is 13.1. The third kappa shape index (κ3) is 3.07. The largest absolute Gasteiger partial charge is 0.392 e. The van der Waals surface area contributed by atoms with Crippen LogP contribution in [0.1, 0.15) is 16.1 Å². The molecule has 2 aromatic rings. The number of rotatable bonds is 4. The topological polar surface area (TPSA) is 49.2 Å². The van der Waals surface area contributed by atoms with Gasteiger partial charge < -0.3 is 10.0 Å². The Morgan fingerprint density at radius 2 is 2.28 bits per heavy atom. The van der Waals surface area contributed by atoms with Gasteiger partial charge in [0.15, 0.2) is 0 Å². The molecule has 2 aromatic heterocycles. The van der Waals surface area contributed by atoms with E-state index in [1.54, 1.807) is 17.5 Å². The number of hydrogen-bond donors (Lipinski definition) is 1. The molecular weight excluding hydrogens is 314 g/mol. The summed E-state index contributed by atoms with van der Waals surface area (Å²) in [5.41, 5.74) is 1.59. The van der Waals surface area contributed by atoms with Crippen LogP contribution in [-0.2, 0) is 13.2 Å². The first kappa shape index (κ1) is 13.5. The molecule has 96 valence electrons. The van der Waals surface area contributed by atoms with Gasteiger partial charge in [0.1, 0.15) is 0 Å². The van der Waals surface area contributed by atoms with Crippen LogP contribution < -0.4 is 4.90 Å². The van der Waals surface area contributed by atoms with Gasteiger partial charge in [0, 0.05) is 39.2 Å². The average Bonchev–Trinajstić information content (AvgIpc) is 2.74. The van der Waals surface area contributed by atoms with Gasteiger partial charge in [-0.15, -0.1) is 11.3 Å². The number of thiophene rings is 1. The molecule has 18 heavy (non-hydrogen) atoms. The van der Waals surface area contributed by atoms with E-state index in [0.29, 0.717) is 5.95 Å². The maximum Gasteiger partial charge on any atom is 0.225 e. The second-order valence-corrected chi connectivity index (χ2v) is 5.94. The minimum absolute atomic E-state index is 0.0201. The summed E-state index contributed by atoms with van der Waals surface area (Å²) in [5.74, 6) is 0.675. The fourth-order valence-corrected chi connectivity index (χ4v) is 3.06. The van der Waals surface area contributed by atoms with Gasteiger partial charge in [0.2, 0.25) is 5.95 Å². The number of anilines is 1. The number of aliphatic hydroxyl groups excluding tert-OH is 1. The van der Waals surface area contributed by atoms with Crippen molar-refractivity contribution in [3.8, 4) is 0 Å². The predicted molar refractivity (Wildman–Crippen MR) is 76.8 cm³/mol. The maximum atomic E-state index is 9.09. The first-order valence-corrected chi connectivity index (χ1v) is 7.15. The molecule has 0 atom stereocenters. The summed E-state index contributed by atoms with van der Waals surface area (Å²) >= 11 is 5.14. The van der Waals surface area contributed by atoms with Crippen molar-refractivity contribution >= 4 is 33.2 Å². The first-order chi connectivity index (χ1) is 8.60. The number of aromatic nitrogens is 2. The summed E-state index contributed by atoms with van der Waals surface area (Å²) in [7, 11) is 1.96. The van der Waals surface area contributed by atoms with E-state index in [-0.39, 0.29) is 6.61 Å². The van der Waals surface area contributed by atoms with Crippen molar-refractivity contribution in [3.05, 3.63) is 38.3 Å². The average molecular weight is 328 g/mol. The van der Waals surface area contributed by atoms with E-state index in [1.165, 1.54) is 4.88 Å². The molecule has 0 bridgehead atoms. The van der Waals surface area contributed by atoms with Crippen molar-refractivity contribution in [2.24, 2.45) is 0 Å². The summed E-state index contributed by atoms with van der Waals surface area (Å²) in [5, 5.41) is 11.1. The van der Waals surface area contributed by atoms with E-state index in [4.69, 9.17) is 5.11 Å². The van der Waals surface area contributed by atoms with E-state index in [0.717, 1.165) is 22.3 Å². The lowest BCUT2D eigenvalue weighted by atomic mass is 10.2. The molecule has 0 saturated carbocycles. The Morgan fingerprint density at radius 1 is 1.50 bits per heavy atom. The van der Waals surface area contributed by atoms with Crippen molar-refractivity contribution in [2.45, 2.75) is 20.1 Å². The SMILES string of the molecule is Cc1nc(N(C)Cc2cc(Br)cs2)ncc1CO. The molecule has 0 aromatic carbocycles. The van der Waals surface area contributed by atoms with Crippen molar-refractivity contribution in [1.29, 1.82) is 0 Å². The standard InChI is InChI=1S/C12H14BrN3OS/c1-8-9(6-17)4-14-12(15-8)16(2)5-11-3-10(13)7-18-11/h3-4,7,17H,5-6H2,1-2H3. The van der Waals surface area contributed by atoms with Crippen LogP contribution in [0.2, 0.25) is 0 Å². The lowest BCUT2D eigenvalue weighted by Gasteiger charge is -2.16. The van der Waals surface area contributed by atoms with Gasteiger partial charge >= 0.3 is 0 Å². The van der Waals surface area contributed by atoms with Crippen LogP contribution >= 0.6 is 27.3 Å². The van der Waals surface area contributed by atoms with Gasteiger partial charge in [-0.3, -0.25) is 0 Å². The van der Waals surface area contributed by atoms with E-state index < -0.39 is 0 Å². The van der Waals surface area contributed by atoms with Crippen LogP contribution in [-0.4, -0.2) is 22.1 Å². The second-order valence-electron chi connectivity index (χ2n) is 4.03. The van der Waals surface area contributed by atoms with Crippen LogP contribution in [0.4, 0.5) is 5.95 Å². The van der Waals surface area contributed by atoms with Gasteiger partial charge in [0.25, 0.3) is 0 Å². The summed E-state index contributed by atoms with van der Waals surface area (Å²) in [4.78, 5) is 11.9. The number of nitrogens with zero attached hydrogens (tertiary/aromatic N) is 3. The molecule has 0 aliphatic rings. The highest BCUT2D eigenvalue weighted by Gasteiger charge is 2.09. The third-order valence-electron chi connectivity index (χ3n) is 2.59. The van der Waals surface area contributed by atoms with Crippen molar-refractivity contribution < 1.29 is 5.11 Å². The third-order valence-corrected chi connectivity index (χ3v) is 4.28. The molecule has 0 fully saturated rings. The highest BCUT2D eigenvalue weighted by molar-refractivity contribution is 9.10. The molecule has 1 N–H and O–H groups in total. The molecule has 2 rings (SSSR count). The van der Waals surface area contributed by atoms with Crippen LogP contribution in [0.5, 0.6) is 0 Å². The molecule has 0 aliphatic carbocycles. The highest BCUT2D eigenvalue weighted by Crippen LogP contribution is 2.22. The van der Waals surface area contributed by atoms with Crippen molar-refractivity contribution in [2.75, 3.05) is 11.9 Å². The summed E-state index contributed by atoms with van der Waals surface area (Å²) < 4.78 is 1.10. The summed E-state index contributed by atoms with van der Waals surface area (Å²) in [6.07, 6.45) is 1.68. The predicted octanol–water partition coefficient (Wildman–Crippen LogP) is 2.74. The van der Waals surface area contributed by atoms with Crippen molar-refractivity contribution in [3.63, 3.8) is 0 Å². The van der Waals surface area contributed by atoms with Crippen molar-refractivity contribution in [1.82, 2.24) is 9.97 Å². The Kier molecular flexibility index (Phi) is 4.31. The lowest BCUT2D eigenvalue weighted by molar-refractivity contribution is 0.280. The molecule has 0 unspecified atom stereocenters. The van der Waals surface area contributed by atoms with Crippen LogP contribution in [0.3, 0.4) is 0 Å². The van der Waals surface area contributed by atoms with Gasteiger partial charge in [-0.05, 0) is 28.9 Å². The normalized spacial score (nSPS) is 10.7. The van der Waals surface area contributed by atoms with Gasteiger partial charge in [-0.25, -0.2) is 9.97 Å². The van der Waals surface area contributed by atoms with Crippen LogP contribution in [0, 0.1) is 6.92 Å². The van der Waals surface area contributed by atoms with Gasteiger partial charge in [0.05, 0.1) is 13.2 Å². The molecule has 2 heterocycles. The Bertz CT molecular complexity index is 544. The quantitative estimate of drug-likeness (QED) is 0.938. The number of hydrogen-bond acceptors (Lipinski definition) is 5. The Hall–Kier alpha value is -0.980. The first-order valence-electron chi connectivity index (χ1n) is 5.47. The van der Waals surface area contributed by atoms with Crippen LogP contribution in [0.25, 0.3) is 0 Å². The van der Waals surface area contributed by atoms with Gasteiger partial charge in [-0.1, -0.05) is 0 Å². The molecule has 0 saturated heterocycles. The second kappa shape index (κ2) is 5.77. The Labute approximate surface area is 118 Å². The zero-order valence-electron chi connectivity index (χ0n) is 10.2. The molecule has 0 amide bonds. The molecule has 0 radical (unpaired) electrons. The lowest BCUT2D eigenvalue weighted by Crippen LogP contribution is -2.19. The van der Waals surface area contributed by atoms with E-state index >= 15 is 0 Å². The Morgan fingerprint density at radius 3 is 2.83 bits per heavy atom. The zero-order valence-corrected chi connectivity index (χ0v) is 12.6. The fraction of sp³-hybridized carbons (Fsp3) is 0.333. The minimum atomic E-state index is -0.0201. The molecule has 0 aliphatic heterocycles. The number of aryl methyl sites for hydroxylation is 1. The molecular formula is C12H14BrN3OS. The fourth-order valence-electron chi connectivity index (χ4n) is 1.56. The van der Waals surface area contributed by atoms with Crippen LogP contribution in [0.15, 0.2) is 22.1 Å². The number of halogens is 1. The number of aliphatic hydroxyl groups is 1. The molecule has 4 nitrogen and oxygen atoms in total. The summed E-state index contributed by atoms with van der Waals surface area (Å²) in [6, 6.07) is 2.09. The van der Waals surface area contributed by atoms with E-state index in [2.05, 4.69) is 37.3 Å². The smallest absolute Gasteiger partial charge is 0.225 e. The minimum Gasteiger partial charge on any atom is -0.392 e. The Balaban J connectivity index is 2.13. The molecule has 6 heteroatoms. The monoisotopic (exact) mass is 327 g/mol. The van der Waals surface area contributed by atoms with E-state index in [9.17, 15) is 0 Å². The molecule has 0 spiro atoms.